The maximum absolute atomic E-state index is 13.0. The molecule has 0 aliphatic heterocycles. The molecule has 2 atom stereocenters. The molecule has 6 heteroatoms. The number of methoxy groups -OCH3 is 1. The Morgan fingerprint density at radius 3 is 2.29 bits per heavy atom. The van der Waals surface area contributed by atoms with Gasteiger partial charge in [0, 0.05) is 7.11 Å². The molecule has 0 saturated heterocycles. The van der Waals surface area contributed by atoms with E-state index >= 15 is 0 Å². The molecule has 0 aromatic heterocycles. The van der Waals surface area contributed by atoms with E-state index in [-0.39, 0.29) is 18.1 Å². The Morgan fingerprint density at radius 1 is 1.11 bits per heavy atom. The van der Waals surface area contributed by atoms with Crippen LogP contribution in [-0.2, 0) is 28.5 Å². The van der Waals surface area contributed by atoms with Gasteiger partial charge in [0.25, 0.3) is 0 Å². The molecule has 3 nitrogen and oxygen atoms in total. The summed E-state index contributed by atoms with van der Waals surface area (Å²) in [7, 11) is 1.70. The lowest BCUT2D eigenvalue weighted by atomic mass is 9.90. The number of amides is 1. The van der Waals surface area contributed by atoms with E-state index in [1.807, 2.05) is 24.3 Å². The lowest BCUT2D eigenvalue weighted by Gasteiger charge is -2.16. The van der Waals surface area contributed by atoms with Crippen LogP contribution >= 0.6 is 0 Å². The van der Waals surface area contributed by atoms with Crippen LogP contribution in [0.4, 0.5) is 13.2 Å². The first-order valence-corrected chi connectivity index (χ1v) is 9.31. The van der Waals surface area contributed by atoms with Crippen molar-refractivity contribution in [3.05, 3.63) is 70.8 Å². The van der Waals surface area contributed by atoms with Crippen LogP contribution < -0.4 is 5.73 Å². The van der Waals surface area contributed by atoms with Crippen LogP contribution in [0.1, 0.15) is 47.9 Å². The number of primary amides is 1. The number of hydrogen-bond acceptors (Lipinski definition) is 2. The fraction of sp³-hybridized carbons (Fsp3) is 0.409. The van der Waals surface area contributed by atoms with E-state index in [1.165, 1.54) is 12.1 Å². The summed E-state index contributed by atoms with van der Waals surface area (Å²) in [5.41, 5.74) is 6.97. The van der Waals surface area contributed by atoms with Gasteiger partial charge in [-0.2, -0.15) is 13.2 Å². The molecule has 1 amide bonds. The van der Waals surface area contributed by atoms with Gasteiger partial charge in [-0.1, -0.05) is 49.4 Å². The minimum Gasteiger partial charge on any atom is -0.381 e. The predicted octanol–water partition coefficient (Wildman–Crippen LogP) is 4.87. The fourth-order valence-electron chi connectivity index (χ4n) is 3.21. The summed E-state index contributed by atoms with van der Waals surface area (Å²) in [6.07, 6.45) is -1.24. The maximum atomic E-state index is 13.0. The zero-order valence-electron chi connectivity index (χ0n) is 16.1. The molecule has 0 saturated carbocycles. The Balaban J connectivity index is 2.12. The van der Waals surface area contributed by atoms with Gasteiger partial charge in [-0.05, 0) is 48.4 Å². The standard InChI is InChI=1S/C22H26F3NO2/c1-3-19(28-2)12-11-15-7-9-16(10-8-15)13-20(21(26)27)17-5-4-6-18(14-17)22(23,24)25/h4-10,14,19-20H,3,11-13H2,1-2H3,(H2,26,27). The van der Waals surface area contributed by atoms with Crippen molar-refractivity contribution in [2.24, 2.45) is 5.73 Å². The molecule has 0 aliphatic carbocycles. The number of nitrogens with two attached hydrogens (primary N) is 1. The first kappa shape index (κ1) is 22.0. The topological polar surface area (TPSA) is 52.3 Å². The van der Waals surface area contributed by atoms with E-state index in [2.05, 4.69) is 6.92 Å². The van der Waals surface area contributed by atoms with Crippen molar-refractivity contribution in [2.45, 2.75) is 50.8 Å². The summed E-state index contributed by atoms with van der Waals surface area (Å²) in [6, 6.07) is 12.5. The Hall–Kier alpha value is -2.34. The minimum absolute atomic E-state index is 0.222. The van der Waals surface area contributed by atoms with Gasteiger partial charge in [0.1, 0.15) is 0 Å². The average Bonchev–Trinajstić information content (AvgIpc) is 2.67. The third kappa shape index (κ3) is 6.09. The van der Waals surface area contributed by atoms with Gasteiger partial charge in [0.2, 0.25) is 5.91 Å². The molecule has 2 N–H and O–H groups in total. The van der Waals surface area contributed by atoms with Gasteiger partial charge < -0.3 is 10.5 Å². The van der Waals surface area contributed by atoms with Crippen LogP contribution in [0.2, 0.25) is 0 Å². The van der Waals surface area contributed by atoms with Crippen molar-refractivity contribution in [2.75, 3.05) is 7.11 Å². The molecule has 152 valence electrons. The molecular formula is C22H26F3NO2. The number of carbonyl (C=O) groups is 1. The second kappa shape index (κ2) is 9.73. The predicted molar refractivity (Wildman–Crippen MR) is 103 cm³/mol. The summed E-state index contributed by atoms with van der Waals surface area (Å²) >= 11 is 0. The van der Waals surface area contributed by atoms with E-state index in [0.717, 1.165) is 42.5 Å². The highest BCUT2D eigenvalue weighted by molar-refractivity contribution is 5.82. The summed E-state index contributed by atoms with van der Waals surface area (Å²) in [4.78, 5) is 11.9. The number of benzene rings is 2. The molecule has 0 aliphatic rings. The lowest BCUT2D eigenvalue weighted by Crippen LogP contribution is -2.23. The van der Waals surface area contributed by atoms with Crippen molar-refractivity contribution >= 4 is 5.91 Å². The summed E-state index contributed by atoms with van der Waals surface area (Å²) in [6.45, 7) is 2.08. The van der Waals surface area contributed by atoms with Crippen molar-refractivity contribution in [1.29, 1.82) is 0 Å². The minimum atomic E-state index is -4.46. The first-order valence-electron chi connectivity index (χ1n) is 9.31. The third-order valence-corrected chi connectivity index (χ3v) is 4.97. The van der Waals surface area contributed by atoms with E-state index in [0.29, 0.717) is 0 Å². The van der Waals surface area contributed by atoms with Crippen LogP contribution in [0.15, 0.2) is 48.5 Å². The van der Waals surface area contributed by atoms with E-state index in [9.17, 15) is 18.0 Å². The summed E-state index contributed by atoms with van der Waals surface area (Å²) in [5, 5.41) is 0. The number of ether oxygens (including phenoxy) is 1. The molecule has 0 fully saturated rings. The Bertz CT molecular complexity index is 768. The zero-order chi connectivity index (χ0) is 20.7. The molecule has 0 spiro atoms. The van der Waals surface area contributed by atoms with Crippen LogP contribution in [0, 0.1) is 0 Å². The Labute approximate surface area is 163 Å². The van der Waals surface area contributed by atoms with Crippen LogP contribution in [0.3, 0.4) is 0 Å². The highest BCUT2D eigenvalue weighted by Gasteiger charge is 2.31. The monoisotopic (exact) mass is 393 g/mol. The molecule has 0 bridgehead atoms. The van der Waals surface area contributed by atoms with Crippen LogP contribution in [0.5, 0.6) is 0 Å². The fourth-order valence-corrected chi connectivity index (χ4v) is 3.21. The number of alkyl halides is 3. The summed E-state index contributed by atoms with van der Waals surface area (Å²) < 4.78 is 44.3. The second-order valence-corrected chi connectivity index (χ2v) is 6.90. The highest BCUT2D eigenvalue weighted by Crippen LogP contribution is 2.32. The molecule has 2 rings (SSSR count). The number of carbonyl (C=O) groups excluding carboxylic acids is 1. The van der Waals surface area contributed by atoms with Gasteiger partial charge in [0.05, 0.1) is 17.6 Å². The third-order valence-electron chi connectivity index (χ3n) is 4.97. The molecule has 28 heavy (non-hydrogen) atoms. The van der Waals surface area contributed by atoms with Gasteiger partial charge in [0.15, 0.2) is 0 Å². The average molecular weight is 393 g/mol. The van der Waals surface area contributed by atoms with Gasteiger partial charge in [-0.15, -0.1) is 0 Å². The largest absolute Gasteiger partial charge is 0.416 e. The van der Waals surface area contributed by atoms with E-state index in [4.69, 9.17) is 10.5 Å². The number of rotatable bonds is 9. The molecule has 0 radical (unpaired) electrons. The van der Waals surface area contributed by atoms with Crippen molar-refractivity contribution in [3.63, 3.8) is 0 Å². The SMILES string of the molecule is CCC(CCc1ccc(CC(C(N)=O)c2cccc(C(F)(F)F)c2)cc1)OC. The first-order chi connectivity index (χ1) is 13.2. The van der Waals surface area contributed by atoms with E-state index < -0.39 is 23.6 Å². The smallest absolute Gasteiger partial charge is 0.381 e. The van der Waals surface area contributed by atoms with Crippen LogP contribution in [-0.4, -0.2) is 19.1 Å². The number of halogens is 3. The highest BCUT2D eigenvalue weighted by atomic mass is 19.4. The summed E-state index contributed by atoms with van der Waals surface area (Å²) in [5.74, 6) is -1.46. The molecule has 2 aromatic rings. The van der Waals surface area contributed by atoms with Gasteiger partial charge in [-0.25, -0.2) is 0 Å². The maximum Gasteiger partial charge on any atom is 0.416 e. The van der Waals surface area contributed by atoms with E-state index in [1.54, 1.807) is 7.11 Å². The van der Waals surface area contributed by atoms with Crippen LogP contribution in [0.25, 0.3) is 0 Å². The van der Waals surface area contributed by atoms with Gasteiger partial charge in [-0.3, -0.25) is 4.79 Å². The Morgan fingerprint density at radius 2 is 1.75 bits per heavy atom. The number of hydrogen-bond donors (Lipinski definition) is 1. The van der Waals surface area contributed by atoms with Gasteiger partial charge >= 0.3 is 6.18 Å². The molecule has 2 unspecified atom stereocenters. The molecule has 0 heterocycles. The second-order valence-electron chi connectivity index (χ2n) is 6.90. The van der Waals surface area contributed by atoms with Crippen molar-refractivity contribution in [1.82, 2.24) is 0 Å². The lowest BCUT2D eigenvalue weighted by molar-refractivity contribution is -0.137. The normalized spacial score (nSPS) is 13.9. The van der Waals surface area contributed by atoms with Crippen molar-refractivity contribution in [3.8, 4) is 0 Å². The molecular weight excluding hydrogens is 367 g/mol. The van der Waals surface area contributed by atoms with Crippen molar-refractivity contribution < 1.29 is 22.7 Å². The quantitative estimate of drug-likeness (QED) is 0.660. The zero-order valence-corrected chi connectivity index (χ0v) is 16.1. The molecule has 2 aromatic carbocycles. The Kier molecular flexibility index (Phi) is 7.63. The number of aryl methyl sites for hydroxylation is 1.